The minimum Gasteiger partial charge on any atom is -0.478 e. The lowest BCUT2D eigenvalue weighted by Crippen LogP contribution is -2.17. The number of carboxylic acid groups (broad SMARTS) is 1. The minimum atomic E-state index is -1.04. The first-order valence-corrected chi connectivity index (χ1v) is 7.25. The number of carbonyl (C=O) groups is 2. The van der Waals surface area contributed by atoms with Crippen LogP contribution in [0.3, 0.4) is 0 Å². The van der Waals surface area contributed by atoms with Gasteiger partial charge in [0.05, 0.1) is 23.5 Å². The molecule has 1 amide bonds. The predicted octanol–water partition coefficient (Wildman–Crippen LogP) is 2.98. The predicted molar refractivity (Wildman–Crippen MR) is 79.6 cm³/mol. The number of benzene rings is 1. The second-order valence-electron chi connectivity index (χ2n) is 5.59. The van der Waals surface area contributed by atoms with E-state index in [0.29, 0.717) is 18.5 Å². The Balaban J connectivity index is 1.92. The molecule has 0 radical (unpaired) electrons. The molecule has 0 spiro atoms. The normalized spacial score (nSPS) is 21.2. The molecule has 1 aromatic rings. The van der Waals surface area contributed by atoms with Crippen LogP contribution in [0.25, 0.3) is 0 Å². The summed E-state index contributed by atoms with van der Waals surface area (Å²) in [6.07, 6.45) is 3.44. The fraction of sp³-hybridized carbons (Fsp3) is 0.500. The van der Waals surface area contributed by atoms with Gasteiger partial charge in [0.25, 0.3) is 0 Å². The van der Waals surface area contributed by atoms with Crippen molar-refractivity contribution in [3.63, 3.8) is 0 Å². The van der Waals surface area contributed by atoms with Crippen molar-refractivity contribution in [1.29, 1.82) is 0 Å². The molecule has 2 N–H and O–H groups in total. The lowest BCUT2D eigenvalue weighted by molar-refractivity contribution is -0.116. The van der Waals surface area contributed by atoms with E-state index in [1.165, 1.54) is 0 Å². The molecular formula is C16H21NO4. The summed E-state index contributed by atoms with van der Waals surface area (Å²) in [6.45, 7) is 3.85. The molecule has 21 heavy (non-hydrogen) atoms. The van der Waals surface area contributed by atoms with Gasteiger partial charge in [0, 0.05) is 6.42 Å². The third-order valence-electron chi connectivity index (χ3n) is 3.69. The lowest BCUT2D eigenvalue weighted by atomic mass is 10.1. The number of aromatic carboxylic acids is 1. The summed E-state index contributed by atoms with van der Waals surface area (Å²) in [5, 5.41) is 11.8. The SMILES string of the molecule is Cc1ccc(NC(=O)CCC2CCC(C)O2)c(C(=O)O)c1. The Kier molecular flexibility index (Phi) is 4.96. The molecule has 0 aliphatic carbocycles. The molecule has 0 saturated carbocycles. The highest BCUT2D eigenvalue weighted by Crippen LogP contribution is 2.23. The van der Waals surface area contributed by atoms with Crippen molar-refractivity contribution < 1.29 is 19.4 Å². The molecule has 2 atom stereocenters. The molecule has 5 nitrogen and oxygen atoms in total. The Morgan fingerprint density at radius 3 is 2.76 bits per heavy atom. The topological polar surface area (TPSA) is 75.6 Å². The summed E-state index contributed by atoms with van der Waals surface area (Å²) >= 11 is 0. The molecule has 0 bridgehead atoms. The monoisotopic (exact) mass is 291 g/mol. The zero-order valence-corrected chi connectivity index (χ0v) is 12.4. The second kappa shape index (κ2) is 6.72. The van der Waals surface area contributed by atoms with Gasteiger partial charge < -0.3 is 15.2 Å². The Labute approximate surface area is 124 Å². The number of carbonyl (C=O) groups excluding carboxylic acids is 1. The highest BCUT2D eigenvalue weighted by atomic mass is 16.5. The summed E-state index contributed by atoms with van der Waals surface area (Å²) in [4.78, 5) is 23.1. The zero-order chi connectivity index (χ0) is 15.4. The molecule has 1 fully saturated rings. The standard InChI is InChI=1S/C16H21NO4/c1-10-3-7-14(13(9-10)16(19)20)17-15(18)8-6-12-5-4-11(2)21-12/h3,7,9,11-12H,4-6,8H2,1-2H3,(H,17,18)(H,19,20). The van der Waals surface area contributed by atoms with Gasteiger partial charge in [-0.2, -0.15) is 0 Å². The van der Waals surface area contributed by atoms with E-state index in [-0.39, 0.29) is 23.7 Å². The molecule has 114 valence electrons. The fourth-order valence-corrected chi connectivity index (χ4v) is 2.55. The van der Waals surface area contributed by atoms with Crippen LogP contribution in [0, 0.1) is 6.92 Å². The molecule has 2 unspecified atom stereocenters. The van der Waals surface area contributed by atoms with Crippen LogP contribution in [-0.2, 0) is 9.53 Å². The number of nitrogens with one attached hydrogen (secondary N) is 1. The number of ether oxygens (including phenoxy) is 1. The first-order chi connectivity index (χ1) is 9.95. The van der Waals surface area contributed by atoms with Crippen LogP contribution in [0.4, 0.5) is 5.69 Å². The highest BCUT2D eigenvalue weighted by Gasteiger charge is 2.22. The van der Waals surface area contributed by atoms with E-state index >= 15 is 0 Å². The summed E-state index contributed by atoms with van der Waals surface area (Å²) < 4.78 is 5.67. The average Bonchev–Trinajstić information content (AvgIpc) is 2.84. The van der Waals surface area contributed by atoms with Crippen LogP contribution in [0.15, 0.2) is 18.2 Å². The minimum absolute atomic E-state index is 0.120. The van der Waals surface area contributed by atoms with Crippen LogP contribution in [0.5, 0.6) is 0 Å². The van der Waals surface area contributed by atoms with Crippen molar-refractivity contribution in [2.75, 3.05) is 5.32 Å². The third kappa shape index (κ3) is 4.29. The highest BCUT2D eigenvalue weighted by molar-refractivity contribution is 6.00. The Bertz CT molecular complexity index is 541. The lowest BCUT2D eigenvalue weighted by Gasteiger charge is -2.12. The smallest absolute Gasteiger partial charge is 0.337 e. The maximum Gasteiger partial charge on any atom is 0.337 e. The van der Waals surface area contributed by atoms with Gasteiger partial charge in [0.1, 0.15) is 0 Å². The molecular weight excluding hydrogens is 270 g/mol. The number of anilines is 1. The summed E-state index contributed by atoms with van der Waals surface area (Å²) in [6, 6.07) is 4.97. The Morgan fingerprint density at radius 2 is 2.14 bits per heavy atom. The molecule has 0 aromatic heterocycles. The van der Waals surface area contributed by atoms with E-state index in [0.717, 1.165) is 18.4 Å². The van der Waals surface area contributed by atoms with Crippen molar-refractivity contribution >= 4 is 17.6 Å². The molecule has 5 heteroatoms. The summed E-state index contributed by atoms with van der Waals surface area (Å²) in [5.74, 6) is -1.22. The van der Waals surface area contributed by atoms with Gasteiger partial charge in [-0.15, -0.1) is 0 Å². The van der Waals surface area contributed by atoms with Gasteiger partial charge in [0.15, 0.2) is 0 Å². The van der Waals surface area contributed by atoms with Crippen molar-refractivity contribution in [2.24, 2.45) is 0 Å². The van der Waals surface area contributed by atoms with Crippen LogP contribution >= 0.6 is 0 Å². The fourth-order valence-electron chi connectivity index (χ4n) is 2.55. The number of aryl methyl sites for hydroxylation is 1. The van der Waals surface area contributed by atoms with Gasteiger partial charge in [-0.25, -0.2) is 4.79 Å². The maximum absolute atomic E-state index is 12.0. The van der Waals surface area contributed by atoms with Crippen LogP contribution in [-0.4, -0.2) is 29.2 Å². The van der Waals surface area contributed by atoms with Crippen LogP contribution in [0.1, 0.15) is 48.5 Å². The largest absolute Gasteiger partial charge is 0.478 e. The summed E-state index contributed by atoms with van der Waals surface area (Å²) in [7, 11) is 0. The number of hydrogen-bond acceptors (Lipinski definition) is 3. The Morgan fingerprint density at radius 1 is 1.38 bits per heavy atom. The van der Waals surface area contributed by atoms with Gasteiger partial charge >= 0.3 is 5.97 Å². The third-order valence-corrected chi connectivity index (χ3v) is 3.69. The molecule has 1 aliphatic rings. The van der Waals surface area contributed by atoms with Crippen molar-refractivity contribution in [1.82, 2.24) is 0 Å². The molecule has 1 heterocycles. The van der Waals surface area contributed by atoms with E-state index in [4.69, 9.17) is 9.84 Å². The van der Waals surface area contributed by atoms with E-state index in [9.17, 15) is 9.59 Å². The number of rotatable bonds is 5. The first kappa shape index (κ1) is 15.5. The Hall–Kier alpha value is -1.88. The number of carboxylic acids is 1. The summed E-state index contributed by atoms with van der Waals surface area (Å²) in [5.41, 5.74) is 1.31. The van der Waals surface area contributed by atoms with Gasteiger partial charge in [-0.3, -0.25) is 4.79 Å². The van der Waals surface area contributed by atoms with Gasteiger partial charge in [-0.1, -0.05) is 11.6 Å². The van der Waals surface area contributed by atoms with Gasteiger partial charge in [-0.05, 0) is 45.2 Å². The average molecular weight is 291 g/mol. The van der Waals surface area contributed by atoms with Crippen molar-refractivity contribution in [2.45, 2.75) is 51.7 Å². The number of amides is 1. The molecule has 1 saturated heterocycles. The van der Waals surface area contributed by atoms with Crippen LogP contribution in [0.2, 0.25) is 0 Å². The molecule has 2 rings (SSSR count). The quantitative estimate of drug-likeness (QED) is 0.874. The molecule has 1 aromatic carbocycles. The van der Waals surface area contributed by atoms with E-state index in [1.54, 1.807) is 18.2 Å². The molecule has 1 aliphatic heterocycles. The number of hydrogen-bond donors (Lipinski definition) is 2. The second-order valence-corrected chi connectivity index (χ2v) is 5.59. The van der Waals surface area contributed by atoms with Gasteiger partial charge in [0.2, 0.25) is 5.91 Å². The maximum atomic E-state index is 12.0. The van der Waals surface area contributed by atoms with Crippen molar-refractivity contribution in [3.05, 3.63) is 29.3 Å². The first-order valence-electron chi connectivity index (χ1n) is 7.25. The van der Waals surface area contributed by atoms with Crippen LogP contribution < -0.4 is 5.32 Å². The van der Waals surface area contributed by atoms with E-state index in [2.05, 4.69) is 5.32 Å². The van der Waals surface area contributed by atoms with Crippen molar-refractivity contribution in [3.8, 4) is 0 Å². The zero-order valence-electron chi connectivity index (χ0n) is 12.4. The van der Waals surface area contributed by atoms with E-state index < -0.39 is 5.97 Å². The van der Waals surface area contributed by atoms with E-state index in [1.807, 2.05) is 13.8 Å².